The van der Waals surface area contributed by atoms with Crippen LogP contribution in [0.5, 0.6) is 0 Å². The molecule has 0 saturated carbocycles. The lowest BCUT2D eigenvalue weighted by atomic mass is 11.9. The highest BCUT2D eigenvalue weighted by Crippen LogP contribution is 2.14. The summed E-state index contributed by atoms with van der Waals surface area (Å²) in [6.07, 6.45) is 0. The van der Waals surface area contributed by atoms with E-state index in [9.17, 15) is 0 Å². The predicted octanol–water partition coefficient (Wildman–Crippen LogP) is 2.22. The molecule has 0 spiro atoms. The highest BCUT2D eigenvalue weighted by molar-refractivity contribution is 7.80. The molecule has 0 aliphatic heterocycles. The third-order valence-corrected chi connectivity index (χ3v) is 0. The average Bonchev–Trinajstić information content (AvgIpc) is 0.722. The van der Waals surface area contributed by atoms with E-state index in [0.717, 1.165) is 0 Å². The Labute approximate surface area is 52.8 Å². The van der Waals surface area contributed by atoms with Crippen LogP contribution in [0.25, 0.3) is 0 Å². The fourth-order valence-electron chi connectivity index (χ4n) is 0. The van der Waals surface area contributed by atoms with Crippen molar-refractivity contribution in [1.29, 1.82) is 0 Å². The van der Waals surface area contributed by atoms with Gasteiger partial charge in [0.05, 0.1) is 0 Å². The van der Waals surface area contributed by atoms with E-state index in [1.807, 2.05) is 0 Å². The van der Waals surface area contributed by atoms with Gasteiger partial charge in [-0.15, -0.1) is 21.2 Å². The maximum atomic E-state index is 5.63. The van der Waals surface area contributed by atoms with Gasteiger partial charge >= 0.3 is 0 Å². The molecule has 0 rings (SSSR count). The van der Waals surface area contributed by atoms with Gasteiger partial charge in [0, 0.05) is 0 Å². The van der Waals surface area contributed by atoms with Gasteiger partial charge in [-0.1, -0.05) is 13.1 Å². The summed E-state index contributed by atoms with van der Waals surface area (Å²) in [6.45, 7) is 4.11. The molecular formula is C2H9Cl2PSi. The van der Waals surface area contributed by atoms with Gasteiger partial charge < -0.3 is 0 Å². The van der Waals surface area contributed by atoms with Crippen LogP contribution in [0.3, 0.4) is 0 Å². The van der Waals surface area contributed by atoms with Crippen LogP contribution < -0.4 is 0 Å². The zero-order valence-corrected chi connectivity index (χ0v) is 7.59. The average molecular weight is 163 g/mol. The molecule has 0 aromatic carbocycles. The fourth-order valence-corrected chi connectivity index (χ4v) is 0. The summed E-state index contributed by atoms with van der Waals surface area (Å²) in [5.41, 5.74) is 0. The van der Waals surface area contributed by atoms with E-state index in [0.29, 0.717) is 0 Å². The van der Waals surface area contributed by atoms with Gasteiger partial charge in [0.25, 0.3) is 0 Å². The van der Waals surface area contributed by atoms with E-state index >= 15 is 0 Å². The van der Waals surface area contributed by atoms with Gasteiger partial charge in [-0.3, -0.25) is 0 Å². The lowest BCUT2D eigenvalue weighted by Gasteiger charge is -1.97. The molecule has 40 valence electrons. The Morgan fingerprint density at radius 2 is 1.50 bits per heavy atom. The van der Waals surface area contributed by atoms with E-state index in [2.05, 4.69) is 21.9 Å². The maximum absolute atomic E-state index is 5.63. The van der Waals surface area contributed by atoms with Crippen LogP contribution in [-0.4, -0.2) is 7.05 Å². The van der Waals surface area contributed by atoms with Crippen molar-refractivity contribution in [2.75, 3.05) is 0 Å². The summed E-state index contributed by atoms with van der Waals surface area (Å²) in [5, 5.41) is 0. The van der Waals surface area contributed by atoms with Crippen LogP contribution in [0, 0.1) is 0 Å². The van der Waals surface area contributed by atoms with Crippen molar-refractivity contribution in [3.8, 4) is 0 Å². The Morgan fingerprint density at radius 3 is 1.50 bits per heavy atom. The molecule has 0 radical (unpaired) electrons. The predicted molar refractivity (Wildman–Crippen MR) is 40.3 cm³/mol. The molecule has 0 aliphatic carbocycles. The summed E-state index contributed by atoms with van der Waals surface area (Å²) in [4.78, 5) is 0. The van der Waals surface area contributed by atoms with E-state index in [-0.39, 0.29) is 12.4 Å². The minimum atomic E-state index is -1.22. The molecule has 0 aromatic rings. The van der Waals surface area contributed by atoms with Crippen LogP contribution in [0.1, 0.15) is 0 Å². The maximum Gasteiger partial charge on any atom is 0.169 e. The van der Waals surface area contributed by atoms with Crippen molar-refractivity contribution in [3.05, 3.63) is 0 Å². The normalized spacial score (nSPS) is 10.0. The third kappa shape index (κ3) is 62.0. The SMILES string of the molecule is C[Si](C)(P)Cl.Cl. The van der Waals surface area contributed by atoms with Crippen molar-refractivity contribution >= 4 is 39.3 Å². The van der Waals surface area contributed by atoms with Gasteiger partial charge in [-0.05, 0) is 0 Å². The minimum Gasteiger partial charge on any atom is -0.162 e. The summed E-state index contributed by atoms with van der Waals surface area (Å²) in [5.74, 6) is 0. The van der Waals surface area contributed by atoms with Crippen molar-refractivity contribution in [1.82, 2.24) is 0 Å². The lowest BCUT2D eigenvalue weighted by molar-refractivity contribution is 2.07. The van der Waals surface area contributed by atoms with Gasteiger partial charge in [-0.2, -0.15) is 11.1 Å². The number of hydrogen-bond donors (Lipinski definition) is 0. The number of hydrogen-bond acceptors (Lipinski definition) is 0. The smallest absolute Gasteiger partial charge is 0.162 e. The lowest BCUT2D eigenvalue weighted by Crippen LogP contribution is -2.00. The molecule has 0 nitrogen and oxygen atoms in total. The second-order valence-electron chi connectivity index (χ2n) is 1.56. The second kappa shape index (κ2) is 3.26. The standard InChI is InChI=1S/C2H8ClPSi.ClH/c1-5(2,3)4;/h4H2,1-2H3;1H. The number of halogens is 2. The molecule has 0 amide bonds. The summed E-state index contributed by atoms with van der Waals surface area (Å²) >= 11 is 5.63. The van der Waals surface area contributed by atoms with E-state index in [1.165, 1.54) is 0 Å². The molecule has 0 heterocycles. The topological polar surface area (TPSA) is 0 Å². The van der Waals surface area contributed by atoms with Gasteiger partial charge in [0.15, 0.2) is 7.05 Å². The van der Waals surface area contributed by atoms with Crippen LogP contribution in [0.4, 0.5) is 0 Å². The quantitative estimate of drug-likeness (QED) is 0.292. The Balaban J connectivity index is 0. The van der Waals surface area contributed by atoms with Crippen molar-refractivity contribution in [3.63, 3.8) is 0 Å². The van der Waals surface area contributed by atoms with Crippen LogP contribution in [0.15, 0.2) is 0 Å². The Hall–Kier alpha value is 1.23. The van der Waals surface area contributed by atoms with Crippen molar-refractivity contribution in [2.24, 2.45) is 0 Å². The van der Waals surface area contributed by atoms with Gasteiger partial charge in [-0.25, -0.2) is 0 Å². The fraction of sp³-hybridized carbons (Fsp3) is 1.00. The zero-order valence-electron chi connectivity index (χ0n) is 3.86. The van der Waals surface area contributed by atoms with Crippen molar-refractivity contribution in [2.45, 2.75) is 13.1 Å². The molecule has 0 aliphatic rings. The first-order valence-corrected chi connectivity index (χ1v) is 7.30. The largest absolute Gasteiger partial charge is 0.169 e. The highest BCUT2D eigenvalue weighted by Gasteiger charge is 2.04. The first kappa shape index (κ1) is 10.3. The van der Waals surface area contributed by atoms with Crippen LogP contribution in [0.2, 0.25) is 13.1 Å². The molecule has 4 heteroatoms. The third-order valence-electron chi connectivity index (χ3n) is 0. The molecule has 0 saturated heterocycles. The zero-order chi connectivity index (χ0) is 4.50. The first-order chi connectivity index (χ1) is 2.00. The first-order valence-electron chi connectivity index (χ1n) is 1.48. The number of rotatable bonds is 0. The Bertz CT molecular complexity index is 27.0. The second-order valence-corrected chi connectivity index (χ2v) is 13.0. The van der Waals surface area contributed by atoms with Crippen LogP contribution >= 0.6 is 32.3 Å². The molecule has 0 fully saturated rings. The Kier molecular flexibility index (Phi) is 5.57. The van der Waals surface area contributed by atoms with E-state index in [4.69, 9.17) is 11.1 Å². The van der Waals surface area contributed by atoms with E-state index < -0.39 is 7.05 Å². The van der Waals surface area contributed by atoms with Crippen LogP contribution in [-0.2, 0) is 0 Å². The summed E-state index contributed by atoms with van der Waals surface area (Å²) in [6, 6.07) is 0. The molecule has 0 N–H and O–H groups in total. The van der Waals surface area contributed by atoms with Gasteiger partial charge in [0.2, 0.25) is 0 Å². The molecular weight excluding hydrogens is 154 g/mol. The molecule has 0 bridgehead atoms. The molecule has 0 aromatic heterocycles. The van der Waals surface area contributed by atoms with Crippen molar-refractivity contribution < 1.29 is 0 Å². The Morgan fingerprint density at radius 1 is 1.50 bits per heavy atom. The summed E-state index contributed by atoms with van der Waals surface area (Å²) in [7, 11) is 1.40. The summed E-state index contributed by atoms with van der Waals surface area (Å²) < 4.78 is 0. The molecule has 1 atom stereocenters. The minimum absolute atomic E-state index is 0. The monoisotopic (exact) mass is 162 g/mol. The van der Waals surface area contributed by atoms with Gasteiger partial charge in [0.1, 0.15) is 0 Å². The van der Waals surface area contributed by atoms with E-state index in [1.54, 1.807) is 0 Å². The molecule has 6 heavy (non-hydrogen) atoms. The molecule has 1 unspecified atom stereocenters. The highest BCUT2D eigenvalue weighted by atomic mass is 35.6.